The molecule has 0 atom stereocenters. The zero-order chi connectivity index (χ0) is 16.7. The van der Waals surface area contributed by atoms with E-state index in [9.17, 15) is 18.5 Å². The molecule has 1 N–H and O–H groups in total. The highest BCUT2D eigenvalue weighted by Crippen LogP contribution is 2.17. The quantitative estimate of drug-likeness (QED) is 0.479. The maximum atomic E-state index is 12.1. The van der Waals surface area contributed by atoms with Crippen LogP contribution < -0.4 is 4.72 Å². The van der Waals surface area contributed by atoms with Gasteiger partial charge < -0.3 is 0 Å². The van der Waals surface area contributed by atoms with Crippen LogP contribution in [0, 0.1) is 10.1 Å². The van der Waals surface area contributed by atoms with Crippen molar-refractivity contribution in [3.8, 4) is 0 Å². The maximum Gasteiger partial charge on any atom is 0.270 e. The Morgan fingerprint density at radius 2 is 1.83 bits per heavy atom. The van der Waals surface area contributed by atoms with Gasteiger partial charge in [-0.2, -0.15) is 0 Å². The molecule has 0 aromatic heterocycles. The average molecular weight is 332 g/mol. The summed E-state index contributed by atoms with van der Waals surface area (Å²) in [5, 5.41) is 10.7. The predicted octanol–water partition coefficient (Wildman–Crippen LogP) is 2.98. The lowest BCUT2D eigenvalue weighted by Gasteiger charge is -2.05. The third-order valence-corrected chi connectivity index (χ3v) is 4.51. The van der Waals surface area contributed by atoms with Crippen LogP contribution in [0.4, 0.5) is 5.69 Å². The van der Waals surface area contributed by atoms with E-state index in [4.69, 9.17) is 0 Å². The van der Waals surface area contributed by atoms with Gasteiger partial charge in [-0.3, -0.25) is 10.1 Å². The summed E-state index contributed by atoms with van der Waals surface area (Å²) in [5.41, 5.74) is 0.783. The molecule has 0 saturated heterocycles. The molecule has 0 aliphatic carbocycles. The van der Waals surface area contributed by atoms with E-state index in [1.165, 1.54) is 18.2 Å². The van der Waals surface area contributed by atoms with Crippen LogP contribution in [0.2, 0.25) is 0 Å². The van der Waals surface area contributed by atoms with E-state index in [0.29, 0.717) is 6.42 Å². The molecule has 0 amide bonds. The molecular weight excluding hydrogens is 316 g/mol. The largest absolute Gasteiger partial charge is 0.270 e. The first kappa shape index (κ1) is 16.9. The second-order valence-electron chi connectivity index (χ2n) is 4.75. The van der Waals surface area contributed by atoms with E-state index < -0.39 is 14.9 Å². The molecule has 0 aliphatic heterocycles. The molecule has 0 bridgehead atoms. The highest BCUT2D eigenvalue weighted by atomic mass is 32.2. The zero-order valence-corrected chi connectivity index (χ0v) is 13.1. The van der Waals surface area contributed by atoms with Crippen LogP contribution in [0.1, 0.15) is 12.0 Å². The van der Waals surface area contributed by atoms with E-state index >= 15 is 0 Å². The molecule has 0 heterocycles. The molecule has 23 heavy (non-hydrogen) atoms. The summed E-state index contributed by atoms with van der Waals surface area (Å²) in [5.74, 6) is 0. The molecule has 0 radical (unpaired) electrons. The lowest BCUT2D eigenvalue weighted by atomic mass is 10.2. The molecule has 0 saturated carbocycles. The van der Waals surface area contributed by atoms with Crippen molar-refractivity contribution in [1.82, 2.24) is 4.72 Å². The van der Waals surface area contributed by atoms with Gasteiger partial charge in [0.25, 0.3) is 5.69 Å². The standard InChI is InChI=1S/C16H16N2O4S/c19-18(20)15-10-6-11-16(13-15)23(21,22)17-12-5-4-9-14-7-2-1-3-8-14/h1-4,6-11,13,17H,5,12H2/b9-4+. The van der Waals surface area contributed by atoms with Crippen molar-refractivity contribution in [3.05, 3.63) is 76.4 Å². The van der Waals surface area contributed by atoms with Crippen LogP contribution >= 0.6 is 0 Å². The second-order valence-corrected chi connectivity index (χ2v) is 6.52. The van der Waals surface area contributed by atoms with Crippen molar-refractivity contribution >= 4 is 21.8 Å². The number of hydrogen-bond donors (Lipinski definition) is 1. The molecule has 0 spiro atoms. The predicted molar refractivity (Wildman–Crippen MR) is 88.4 cm³/mol. The Balaban J connectivity index is 1.93. The maximum absolute atomic E-state index is 12.1. The number of nitro groups is 1. The van der Waals surface area contributed by atoms with E-state index in [1.54, 1.807) is 0 Å². The van der Waals surface area contributed by atoms with Crippen molar-refractivity contribution in [2.45, 2.75) is 11.3 Å². The monoisotopic (exact) mass is 332 g/mol. The smallest absolute Gasteiger partial charge is 0.258 e. The fourth-order valence-corrected chi connectivity index (χ4v) is 2.99. The van der Waals surface area contributed by atoms with Crippen molar-refractivity contribution in [2.24, 2.45) is 0 Å². The minimum Gasteiger partial charge on any atom is -0.258 e. The minimum atomic E-state index is -3.75. The molecule has 7 heteroatoms. The van der Waals surface area contributed by atoms with Gasteiger partial charge in [0.1, 0.15) is 0 Å². The summed E-state index contributed by atoms with van der Waals surface area (Å²) in [7, 11) is -3.75. The number of nitrogens with zero attached hydrogens (tertiary/aromatic N) is 1. The van der Waals surface area contributed by atoms with Gasteiger partial charge in [0.15, 0.2) is 0 Å². The SMILES string of the molecule is O=[N+]([O-])c1cccc(S(=O)(=O)NCC/C=C/c2ccccc2)c1. The zero-order valence-electron chi connectivity index (χ0n) is 12.3. The van der Waals surface area contributed by atoms with Crippen LogP contribution in [-0.2, 0) is 10.0 Å². The Hall–Kier alpha value is -2.51. The summed E-state index contributed by atoms with van der Waals surface area (Å²) in [6, 6.07) is 14.6. The van der Waals surface area contributed by atoms with Gasteiger partial charge in [-0.05, 0) is 18.1 Å². The van der Waals surface area contributed by atoms with Gasteiger partial charge >= 0.3 is 0 Å². The van der Waals surface area contributed by atoms with Crippen molar-refractivity contribution in [2.75, 3.05) is 6.54 Å². The average Bonchev–Trinajstić information content (AvgIpc) is 2.55. The fraction of sp³-hybridized carbons (Fsp3) is 0.125. The third kappa shape index (κ3) is 5.01. The number of benzene rings is 2. The summed E-state index contributed by atoms with van der Waals surface area (Å²) in [6.45, 7) is 0.217. The Bertz CT molecular complexity index is 802. The minimum absolute atomic E-state index is 0.112. The molecule has 2 aromatic rings. The number of hydrogen-bond acceptors (Lipinski definition) is 4. The number of nitro benzene ring substituents is 1. The van der Waals surface area contributed by atoms with Crippen LogP contribution in [0.15, 0.2) is 65.6 Å². The van der Waals surface area contributed by atoms with Gasteiger partial charge in [-0.15, -0.1) is 0 Å². The fourth-order valence-electron chi connectivity index (χ4n) is 1.91. The van der Waals surface area contributed by atoms with Gasteiger partial charge in [0, 0.05) is 18.7 Å². The molecule has 2 rings (SSSR count). The van der Waals surface area contributed by atoms with Gasteiger partial charge in [0.2, 0.25) is 10.0 Å². The molecule has 6 nitrogen and oxygen atoms in total. The summed E-state index contributed by atoms with van der Waals surface area (Å²) >= 11 is 0. The first-order valence-corrected chi connectivity index (χ1v) is 8.43. The summed E-state index contributed by atoms with van der Waals surface area (Å²) < 4.78 is 26.6. The normalized spacial score (nSPS) is 11.7. The van der Waals surface area contributed by atoms with E-state index in [2.05, 4.69) is 4.72 Å². The third-order valence-electron chi connectivity index (χ3n) is 3.05. The van der Waals surface area contributed by atoms with E-state index in [-0.39, 0.29) is 17.1 Å². The topological polar surface area (TPSA) is 89.3 Å². The van der Waals surface area contributed by atoms with E-state index in [0.717, 1.165) is 11.6 Å². The van der Waals surface area contributed by atoms with Crippen LogP contribution in [0.5, 0.6) is 0 Å². The van der Waals surface area contributed by atoms with Gasteiger partial charge in [-0.1, -0.05) is 48.6 Å². The summed E-state index contributed by atoms with van der Waals surface area (Å²) in [6.07, 6.45) is 4.29. The second kappa shape index (κ2) is 7.66. The van der Waals surface area contributed by atoms with Crippen molar-refractivity contribution < 1.29 is 13.3 Å². The first-order valence-electron chi connectivity index (χ1n) is 6.95. The molecule has 0 fully saturated rings. The highest BCUT2D eigenvalue weighted by Gasteiger charge is 2.16. The number of sulfonamides is 1. The van der Waals surface area contributed by atoms with E-state index in [1.807, 2.05) is 42.5 Å². The molecule has 0 unspecified atom stereocenters. The van der Waals surface area contributed by atoms with Crippen molar-refractivity contribution in [3.63, 3.8) is 0 Å². The van der Waals surface area contributed by atoms with Crippen molar-refractivity contribution in [1.29, 1.82) is 0 Å². The number of nitrogens with one attached hydrogen (secondary N) is 1. The summed E-state index contributed by atoms with van der Waals surface area (Å²) in [4.78, 5) is 9.96. The lowest BCUT2D eigenvalue weighted by Crippen LogP contribution is -2.24. The van der Waals surface area contributed by atoms with Crippen LogP contribution in [-0.4, -0.2) is 19.9 Å². The molecule has 2 aromatic carbocycles. The lowest BCUT2D eigenvalue weighted by molar-refractivity contribution is -0.385. The van der Waals surface area contributed by atoms with Crippen LogP contribution in [0.25, 0.3) is 6.08 Å². The van der Waals surface area contributed by atoms with Gasteiger partial charge in [-0.25, -0.2) is 13.1 Å². The van der Waals surface area contributed by atoms with Gasteiger partial charge in [0.05, 0.1) is 9.82 Å². The molecular formula is C16H16N2O4S. The Kier molecular flexibility index (Phi) is 5.61. The number of non-ortho nitro benzene ring substituents is 1. The highest BCUT2D eigenvalue weighted by molar-refractivity contribution is 7.89. The first-order chi connectivity index (χ1) is 11.0. The number of rotatable bonds is 7. The Morgan fingerprint density at radius 1 is 1.09 bits per heavy atom. The Labute approximate surface area is 134 Å². The molecule has 120 valence electrons. The Morgan fingerprint density at radius 3 is 2.52 bits per heavy atom. The molecule has 0 aliphatic rings. The van der Waals surface area contributed by atoms with Crippen LogP contribution in [0.3, 0.4) is 0 Å².